The molecular weight excluding hydrogens is 238 g/mol. The van der Waals surface area contributed by atoms with Crippen LogP contribution in [0.3, 0.4) is 0 Å². The van der Waals surface area contributed by atoms with Gasteiger partial charge in [0, 0.05) is 12.3 Å². The zero-order valence-corrected chi connectivity index (χ0v) is 11.2. The second-order valence-electron chi connectivity index (χ2n) is 5.13. The summed E-state index contributed by atoms with van der Waals surface area (Å²) in [6.07, 6.45) is 3.95. The first-order valence-corrected chi connectivity index (χ1v) is 6.90. The smallest absolute Gasteiger partial charge is 0.226 e. The molecule has 1 heterocycles. The van der Waals surface area contributed by atoms with Gasteiger partial charge in [0.2, 0.25) is 5.89 Å². The van der Waals surface area contributed by atoms with Crippen LogP contribution in [0.15, 0.2) is 28.8 Å². The average molecular weight is 257 g/mol. The number of hydrogen-bond donors (Lipinski definition) is 1. The third-order valence-electron chi connectivity index (χ3n) is 3.72. The third kappa shape index (κ3) is 2.68. The van der Waals surface area contributed by atoms with E-state index in [9.17, 15) is 0 Å². The van der Waals surface area contributed by atoms with Crippen molar-refractivity contribution in [3.8, 4) is 0 Å². The molecule has 1 aliphatic carbocycles. The predicted octanol–water partition coefficient (Wildman–Crippen LogP) is 2.10. The molecule has 3 rings (SSSR count). The van der Waals surface area contributed by atoms with E-state index in [-0.39, 0.29) is 0 Å². The molecule has 4 heteroatoms. The highest BCUT2D eigenvalue weighted by Gasteiger charge is 2.26. The van der Waals surface area contributed by atoms with Gasteiger partial charge in [0.25, 0.3) is 0 Å². The Bertz CT molecular complexity index is 525. The van der Waals surface area contributed by atoms with Crippen molar-refractivity contribution in [3.63, 3.8) is 0 Å². The normalized spacial score (nSPS) is 14.8. The van der Waals surface area contributed by atoms with Crippen LogP contribution >= 0.6 is 0 Å². The van der Waals surface area contributed by atoms with Gasteiger partial charge < -0.3 is 9.84 Å². The van der Waals surface area contributed by atoms with E-state index in [1.165, 1.54) is 11.1 Å². The van der Waals surface area contributed by atoms with Crippen LogP contribution in [0.25, 0.3) is 0 Å². The highest BCUT2D eigenvalue weighted by atomic mass is 16.5. The molecule has 19 heavy (non-hydrogen) atoms. The van der Waals surface area contributed by atoms with E-state index in [0.29, 0.717) is 5.92 Å². The largest absolute Gasteiger partial charge is 0.339 e. The summed E-state index contributed by atoms with van der Waals surface area (Å²) in [6, 6.07) is 8.59. The fourth-order valence-corrected chi connectivity index (χ4v) is 2.69. The average Bonchev–Trinajstić information content (AvgIpc) is 3.04. The zero-order chi connectivity index (χ0) is 13.1. The maximum absolute atomic E-state index is 5.33. The number of benzene rings is 1. The fourth-order valence-electron chi connectivity index (χ4n) is 2.69. The molecule has 1 N–H and O–H groups in total. The van der Waals surface area contributed by atoms with Gasteiger partial charge in [-0.25, -0.2) is 0 Å². The number of nitrogens with one attached hydrogen (secondary N) is 1. The van der Waals surface area contributed by atoms with E-state index in [1.54, 1.807) is 0 Å². The molecule has 0 unspecified atom stereocenters. The fraction of sp³-hybridized carbons (Fsp3) is 0.467. The lowest BCUT2D eigenvalue weighted by atomic mass is 10.1. The van der Waals surface area contributed by atoms with E-state index >= 15 is 0 Å². The number of hydrogen-bond acceptors (Lipinski definition) is 4. The Labute approximate surface area is 113 Å². The molecule has 0 bridgehead atoms. The summed E-state index contributed by atoms with van der Waals surface area (Å²) >= 11 is 0. The van der Waals surface area contributed by atoms with E-state index in [1.807, 2.05) is 7.05 Å². The number of nitrogens with zero attached hydrogens (tertiary/aromatic N) is 2. The van der Waals surface area contributed by atoms with Crippen molar-refractivity contribution in [2.75, 3.05) is 13.6 Å². The highest BCUT2D eigenvalue weighted by Crippen LogP contribution is 2.32. The van der Waals surface area contributed by atoms with Crippen LogP contribution in [-0.2, 0) is 19.3 Å². The molecule has 1 aromatic carbocycles. The molecule has 2 aromatic rings. The Hall–Kier alpha value is -1.68. The maximum Gasteiger partial charge on any atom is 0.226 e. The summed E-state index contributed by atoms with van der Waals surface area (Å²) in [5, 5.41) is 7.28. The van der Waals surface area contributed by atoms with Gasteiger partial charge in [-0.1, -0.05) is 29.4 Å². The monoisotopic (exact) mass is 257 g/mol. The molecule has 0 atom stereocenters. The number of fused-ring (bicyclic) bond motifs is 1. The van der Waals surface area contributed by atoms with Gasteiger partial charge in [0.1, 0.15) is 0 Å². The van der Waals surface area contributed by atoms with Crippen LogP contribution in [0.4, 0.5) is 0 Å². The van der Waals surface area contributed by atoms with Gasteiger partial charge in [0.05, 0.1) is 0 Å². The molecule has 0 spiro atoms. The Morgan fingerprint density at radius 1 is 1.26 bits per heavy atom. The predicted molar refractivity (Wildman–Crippen MR) is 73.1 cm³/mol. The van der Waals surface area contributed by atoms with Gasteiger partial charge in [-0.2, -0.15) is 4.98 Å². The quantitative estimate of drug-likeness (QED) is 0.833. The minimum absolute atomic E-state index is 0.388. The summed E-state index contributed by atoms with van der Waals surface area (Å²) in [5.74, 6) is 2.02. The summed E-state index contributed by atoms with van der Waals surface area (Å²) in [4.78, 5) is 4.54. The molecule has 0 saturated heterocycles. The van der Waals surface area contributed by atoms with Crippen molar-refractivity contribution in [3.05, 3.63) is 47.1 Å². The van der Waals surface area contributed by atoms with Crippen LogP contribution in [-0.4, -0.2) is 23.7 Å². The van der Waals surface area contributed by atoms with Crippen LogP contribution in [0.2, 0.25) is 0 Å². The second-order valence-corrected chi connectivity index (χ2v) is 5.13. The Morgan fingerprint density at radius 3 is 2.68 bits per heavy atom. The molecule has 1 aromatic heterocycles. The number of aromatic nitrogens is 2. The van der Waals surface area contributed by atoms with Gasteiger partial charge in [0.15, 0.2) is 5.82 Å². The highest BCUT2D eigenvalue weighted by molar-refractivity contribution is 5.34. The number of aryl methyl sites for hydroxylation is 1. The van der Waals surface area contributed by atoms with Crippen molar-refractivity contribution < 1.29 is 4.52 Å². The van der Waals surface area contributed by atoms with Crippen LogP contribution in [0, 0.1) is 0 Å². The Morgan fingerprint density at radius 2 is 2.00 bits per heavy atom. The lowest BCUT2D eigenvalue weighted by molar-refractivity contribution is 0.367. The molecule has 4 nitrogen and oxygen atoms in total. The van der Waals surface area contributed by atoms with E-state index in [0.717, 1.165) is 43.9 Å². The first-order valence-electron chi connectivity index (χ1n) is 6.90. The molecular formula is C15H19N3O. The van der Waals surface area contributed by atoms with E-state index in [2.05, 4.69) is 39.7 Å². The summed E-state index contributed by atoms with van der Waals surface area (Å²) in [5.41, 5.74) is 2.85. The zero-order valence-electron chi connectivity index (χ0n) is 11.2. The van der Waals surface area contributed by atoms with Crippen molar-refractivity contribution in [2.45, 2.75) is 31.6 Å². The lowest BCUT2D eigenvalue weighted by Gasteiger charge is -2.00. The van der Waals surface area contributed by atoms with Gasteiger partial charge >= 0.3 is 0 Å². The Balaban J connectivity index is 1.65. The molecule has 0 saturated carbocycles. The first kappa shape index (κ1) is 12.4. The molecule has 0 amide bonds. The van der Waals surface area contributed by atoms with Gasteiger partial charge in [-0.3, -0.25) is 0 Å². The summed E-state index contributed by atoms with van der Waals surface area (Å²) in [6.45, 7) is 0.979. The first-order chi connectivity index (χ1) is 9.36. The van der Waals surface area contributed by atoms with Crippen molar-refractivity contribution in [1.29, 1.82) is 0 Å². The van der Waals surface area contributed by atoms with Crippen LogP contribution in [0.5, 0.6) is 0 Å². The van der Waals surface area contributed by atoms with E-state index < -0.39 is 0 Å². The van der Waals surface area contributed by atoms with E-state index in [4.69, 9.17) is 4.52 Å². The van der Waals surface area contributed by atoms with Crippen molar-refractivity contribution in [2.24, 2.45) is 0 Å². The number of rotatable bonds is 5. The van der Waals surface area contributed by atoms with Gasteiger partial charge in [-0.15, -0.1) is 0 Å². The molecule has 0 radical (unpaired) electrons. The van der Waals surface area contributed by atoms with Gasteiger partial charge in [-0.05, 0) is 44.0 Å². The molecule has 0 aliphatic heterocycles. The van der Waals surface area contributed by atoms with Crippen molar-refractivity contribution in [1.82, 2.24) is 15.5 Å². The Kier molecular flexibility index (Phi) is 3.60. The SMILES string of the molecule is CNCCCc1nc(C2Cc3ccccc3C2)no1. The van der Waals surface area contributed by atoms with Crippen molar-refractivity contribution >= 4 is 0 Å². The maximum atomic E-state index is 5.33. The lowest BCUT2D eigenvalue weighted by Crippen LogP contribution is -2.08. The topological polar surface area (TPSA) is 51.0 Å². The van der Waals surface area contributed by atoms with Crippen LogP contribution in [0.1, 0.15) is 35.2 Å². The summed E-state index contributed by atoms with van der Waals surface area (Å²) in [7, 11) is 1.95. The van der Waals surface area contributed by atoms with Crippen LogP contribution < -0.4 is 5.32 Å². The molecule has 1 aliphatic rings. The minimum atomic E-state index is 0.388. The summed E-state index contributed by atoms with van der Waals surface area (Å²) < 4.78 is 5.33. The third-order valence-corrected chi connectivity index (χ3v) is 3.72. The second kappa shape index (κ2) is 5.53. The minimum Gasteiger partial charge on any atom is -0.339 e. The molecule has 100 valence electrons. The standard InChI is InChI=1S/C15H19N3O/c1-16-8-4-7-14-17-15(18-19-14)13-9-11-5-2-3-6-12(11)10-13/h2-3,5-6,13,16H,4,7-10H2,1H3. The molecule has 0 fully saturated rings.